The minimum atomic E-state index is -3.96. The number of carbonyl (C=O) groups excluding carboxylic acids is 1. The van der Waals surface area contributed by atoms with Crippen molar-refractivity contribution in [2.45, 2.75) is 25.7 Å². The van der Waals surface area contributed by atoms with Crippen molar-refractivity contribution in [1.82, 2.24) is 14.1 Å². The lowest BCUT2D eigenvalue weighted by Gasteiger charge is -2.24. The van der Waals surface area contributed by atoms with Crippen LogP contribution in [-0.4, -0.2) is 41.5 Å². The van der Waals surface area contributed by atoms with Gasteiger partial charge < -0.3 is 5.32 Å². The molecular formula is C32H32N4O3S. The molecule has 1 amide bonds. The molecular weight excluding hydrogens is 520 g/mol. The summed E-state index contributed by atoms with van der Waals surface area (Å²) in [6.07, 6.45) is 0. The minimum absolute atomic E-state index is 0.0142. The number of aryl methyl sites for hydroxylation is 1. The fourth-order valence-electron chi connectivity index (χ4n) is 4.66. The summed E-state index contributed by atoms with van der Waals surface area (Å²) in [6.45, 7) is 5.74. The van der Waals surface area contributed by atoms with Crippen LogP contribution in [0, 0.1) is 12.8 Å². The van der Waals surface area contributed by atoms with E-state index in [2.05, 4.69) is 5.32 Å². The first-order chi connectivity index (χ1) is 19.2. The molecule has 0 aliphatic heterocycles. The number of fused-ring (bicyclic) bond motifs is 1. The summed E-state index contributed by atoms with van der Waals surface area (Å²) in [5.74, 6) is 0.0254. The average molecular weight is 553 g/mol. The van der Waals surface area contributed by atoms with Crippen LogP contribution in [0.5, 0.6) is 0 Å². The fraction of sp³-hybridized carbons (Fsp3) is 0.188. The van der Waals surface area contributed by atoms with Crippen molar-refractivity contribution in [2.24, 2.45) is 5.92 Å². The van der Waals surface area contributed by atoms with E-state index >= 15 is 0 Å². The van der Waals surface area contributed by atoms with Crippen molar-refractivity contribution in [3.8, 4) is 16.9 Å². The van der Waals surface area contributed by atoms with Gasteiger partial charge in [-0.15, -0.1) is 0 Å². The van der Waals surface area contributed by atoms with Gasteiger partial charge in [-0.2, -0.15) is 9.40 Å². The number of hydrogen-bond donors (Lipinski definition) is 1. The van der Waals surface area contributed by atoms with Crippen molar-refractivity contribution in [1.29, 1.82) is 0 Å². The van der Waals surface area contributed by atoms with Crippen LogP contribution in [0.3, 0.4) is 0 Å². The molecule has 0 radical (unpaired) electrons. The van der Waals surface area contributed by atoms with Gasteiger partial charge in [-0.1, -0.05) is 98.3 Å². The fourth-order valence-corrected chi connectivity index (χ4v) is 6.43. The lowest BCUT2D eigenvalue weighted by atomic mass is 10.1. The van der Waals surface area contributed by atoms with Gasteiger partial charge in [0.15, 0.2) is 0 Å². The molecule has 1 heterocycles. The predicted octanol–water partition coefficient (Wildman–Crippen LogP) is 6.29. The van der Waals surface area contributed by atoms with Crippen LogP contribution in [0.2, 0.25) is 0 Å². The Morgan fingerprint density at radius 3 is 2.30 bits per heavy atom. The van der Waals surface area contributed by atoms with Crippen molar-refractivity contribution in [2.75, 3.05) is 18.4 Å². The normalized spacial score (nSPS) is 11.8. The number of nitrogens with one attached hydrogen (secondary N) is 1. The lowest BCUT2D eigenvalue weighted by molar-refractivity contribution is -0.116. The van der Waals surface area contributed by atoms with E-state index in [1.165, 1.54) is 4.31 Å². The third-order valence-electron chi connectivity index (χ3n) is 6.58. The molecule has 0 fully saturated rings. The molecule has 5 rings (SSSR count). The van der Waals surface area contributed by atoms with Crippen molar-refractivity contribution >= 4 is 32.5 Å². The molecule has 0 bridgehead atoms. The van der Waals surface area contributed by atoms with Gasteiger partial charge in [0.2, 0.25) is 15.9 Å². The number of carbonyl (C=O) groups is 1. The summed E-state index contributed by atoms with van der Waals surface area (Å²) < 4.78 is 30.8. The van der Waals surface area contributed by atoms with E-state index in [1.54, 1.807) is 28.9 Å². The number of benzene rings is 4. The predicted molar refractivity (Wildman–Crippen MR) is 160 cm³/mol. The standard InChI is InChI=1S/C32H32N4O3S/c1-23(2)21-35(40(38,39)30-15-9-13-25-10-7-8-14-28(25)30)22-32(37)33-31-20-29(26-11-5-4-6-12-26)34-36(31)27-18-16-24(3)17-19-27/h4-20,23H,21-22H2,1-3H3,(H,33,37). The third-order valence-corrected chi connectivity index (χ3v) is 8.45. The number of nitrogens with zero attached hydrogens (tertiary/aromatic N) is 3. The molecule has 0 aliphatic carbocycles. The van der Waals surface area contributed by atoms with E-state index in [-0.39, 0.29) is 23.9 Å². The van der Waals surface area contributed by atoms with E-state index in [9.17, 15) is 13.2 Å². The number of rotatable bonds is 9. The van der Waals surface area contributed by atoms with Gasteiger partial charge in [-0.25, -0.2) is 13.1 Å². The first-order valence-corrected chi connectivity index (χ1v) is 14.7. The van der Waals surface area contributed by atoms with Gasteiger partial charge in [0.1, 0.15) is 5.82 Å². The summed E-state index contributed by atoms with van der Waals surface area (Å²) in [7, 11) is -3.96. The molecule has 204 valence electrons. The Morgan fingerprint density at radius 2 is 1.57 bits per heavy atom. The Bertz CT molecular complexity index is 1740. The van der Waals surface area contributed by atoms with Gasteiger partial charge in [0.25, 0.3) is 0 Å². The maximum Gasteiger partial charge on any atom is 0.244 e. The first-order valence-electron chi connectivity index (χ1n) is 13.2. The molecule has 1 N–H and O–H groups in total. The van der Waals surface area contributed by atoms with Crippen LogP contribution in [0.25, 0.3) is 27.7 Å². The Balaban J connectivity index is 1.48. The quantitative estimate of drug-likeness (QED) is 0.233. The lowest BCUT2D eigenvalue weighted by Crippen LogP contribution is -2.40. The zero-order valence-corrected chi connectivity index (χ0v) is 23.6. The molecule has 8 heteroatoms. The number of hydrogen-bond acceptors (Lipinski definition) is 4. The highest BCUT2D eigenvalue weighted by atomic mass is 32.2. The largest absolute Gasteiger partial charge is 0.309 e. The van der Waals surface area contributed by atoms with Crippen LogP contribution in [0.4, 0.5) is 5.82 Å². The summed E-state index contributed by atoms with van der Waals surface area (Å²) in [6, 6.07) is 31.9. The van der Waals surface area contributed by atoms with Crippen LogP contribution in [0.1, 0.15) is 19.4 Å². The van der Waals surface area contributed by atoms with Crippen molar-refractivity contribution in [3.05, 3.63) is 109 Å². The third kappa shape index (κ3) is 5.83. The van der Waals surface area contributed by atoms with Crippen LogP contribution >= 0.6 is 0 Å². The van der Waals surface area contributed by atoms with E-state index < -0.39 is 15.9 Å². The second-order valence-corrected chi connectivity index (χ2v) is 12.2. The summed E-state index contributed by atoms with van der Waals surface area (Å²) >= 11 is 0. The molecule has 0 atom stereocenters. The topological polar surface area (TPSA) is 84.3 Å². The molecule has 0 spiro atoms. The van der Waals surface area contributed by atoms with Crippen molar-refractivity contribution < 1.29 is 13.2 Å². The van der Waals surface area contributed by atoms with E-state index in [1.807, 2.05) is 99.6 Å². The van der Waals surface area contributed by atoms with E-state index in [0.717, 1.165) is 22.2 Å². The Kier molecular flexibility index (Phi) is 7.82. The van der Waals surface area contributed by atoms with Gasteiger partial charge in [-0.05, 0) is 36.4 Å². The number of aromatic nitrogens is 2. The molecule has 40 heavy (non-hydrogen) atoms. The number of sulfonamides is 1. The highest BCUT2D eigenvalue weighted by molar-refractivity contribution is 7.89. The number of anilines is 1. The molecule has 0 aliphatic rings. The zero-order chi connectivity index (χ0) is 28.3. The van der Waals surface area contributed by atoms with Crippen molar-refractivity contribution in [3.63, 3.8) is 0 Å². The van der Waals surface area contributed by atoms with Gasteiger partial charge >= 0.3 is 0 Å². The number of amides is 1. The second-order valence-electron chi connectivity index (χ2n) is 10.2. The average Bonchev–Trinajstić information content (AvgIpc) is 3.36. The second kappa shape index (κ2) is 11.5. The van der Waals surface area contributed by atoms with Gasteiger partial charge in [0, 0.05) is 23.6 Å². The first kappa shape index (κ1) is 27.3. The molecule has 0 saturated carbocycles. The highest BCUT2D eigenvalue weighted by Gasteiger charge is 2.29. The smallest absolute Gasteiger partial charge is 0.244 e. The monoisotopic (exact) mass is 552 g/mol. The van der Waals surface area contributed by atoms with Crippen LogP contribution < -0.4 is 5.32 Å². The maximum atomic E-state index is 13.9. The summed E-state index contributed by atoms with van der Waals surface area (Å²) in [5, 5.41) is 9.15. The maximum absolute atomic E-state index is 13.9. The molecule has 1 aromatic heterocycles. The van der Waals surface area contributed by atoms with Crippen LogP contribution in [0.15, 0.2) is 108 Å². The van der Waals surface area contributed by atoms with E-state index in [4.69, 9.17) is 5.10 Å². The molecule has 7 nitrogen and oxygen atoms in total. The van der Waals surface area contributed by atoms with Gasteiger partial charge in [0.05, 0.1) is 22.8 Å². The Morgan fingerprint density at radius 1 is 0.900 bits per heavy atom. The summed E-state index contributed by atoms with van der Waals surface area (Å²) in [5.41, 5.74) is 3.49. The Labute approximate surface area is 235 Å². The molecule has 0 unspecified atom stereocenters. The molecule has 4 aromatic carbocycles. The zero-order valence-electron chi connectivity index (χ0n) is 22.8. The Hall–Kier alpha value is -4.27. The SMILES string of the molecule is Cc1ccc(-n2nc(-c3ccccc3)cc2NC(=O)CN(CC(C)C)S(=O)(=O)c2cccc3ccccc23)cc1. The minimum Gasteiger partial charge on any atom is -0.309 e. The summed E-state index contributed by atoms with van der Waals surface area (Å²) in [4.78, 5) is 13.7. The van der Waals surface area contributed by atoms with Crippen LogP contribution in [-0.2, 0) is 14.8 Å². The molecule has 5 aromatic rings. The van der Waals surface area contributed by atoms with Gasteiger partial charge in [-0.3, -0.25) is 4.79 Å². The highest BCUT2D eigenvalue weighted by Crippen LogP contribution is 2.28. The van der Waals surface area contributed by atoms with E-state index in [0.29, 0.717) is 16.9 Å². The molecule has 0 saturated heterocycles.